The molecular weight excluding hydrogens is 250 g/mol. The van der Waals surface area contributed by atoms with Gasteiger partial charge in [-0.3, -0.25) is 4.79 Å². The van der Waals surface area contributed by atoms with Crippen molar-refractivity contribution in [3.63, 3.8) is 0 Å². The Morgan fingerprint density at radius 2 is 2.47 bits per heavy atom. The molecule has 0 bridgehead atoms. The molecule has 8 nitrogen and oxygen atoms in total. The Morgan fingerprint density at radius 3 is 3.16 bits per heavy atom. The fourth-order valence-electron chi connectivity index (χ4n) is 1.45. The summed E-state index contributed by atoms with van der Waals surface area (Å²) in [7, 11) is 1.61. The van der Waals surface area contributed by atoms with Gasteiger partial charge in [0.1, 0.15) is 11.7 Å². The topological polar surface area (TPSA) is 106 Å². The van der Waals surface area contributed by atoms with Crippen molar-refractivity contribution in [1.29, 1.82) is 0 Å². The molecule has 1 atom stereocenters. The molecule has 0 aliphatic heterocycles. The number of aromatic nitrogens is 4. The van der Waals surface area contributed by atoms with Crippen molar-refractivity contribution in [1.82, 2.24) is 25.4 Å². The molecule has 2 heterocycles. The zero-order valence-electron chi connectivity index (χ0n) is 10.7. The van der Waals surface area contributed by atoms with E-state index in [4.69, 9.17) is 9.26 Å². The maximum Gasteiger partial charge on any atom is 0.269 e. The highest BCUT2D eigenvalue weighted by Crippen LogP contribution is 2.10. The Morgan fingerprint density at radius 1 is 1.63 bits per heavy atom. The fourth-order valence-corrected chi connectivity index (χ4v) is 1.45. The lowest BCUT2D eigenvalue weighted by molar-refractivity contribution is 0.0928. The van der Waals surface area contributed by atoms with E-state index in [2.05, 4.69) is 25.4 Å². The van der Waals surface area contributed by atoms with Crippen LogP contribution in [0.1, 0.15) is 35.2 Å². The molecule has 0 saturated heterocycles. The number of ether oxygens (including phenoxy) is 1. The Hall–Kier alpha value is -2.22. The predicted molar refractivity (Wildman–Crippen MR) is 64.3 cm³/mol. The molecule has 2 N–H and O–H groups in total. The third-order valence-corrected chi connectivity index (χ3v) is 2.47. The van der Waals surface area contributed by atoms with E-state index in [9.17, 15) is 4.79 Å². The number of hydrogen-bond acceptors (Lipinski definition) is 6. The first-order valence-electron chi connectivity index (χ1n) is 5.81. The van der Waals surface area contributed by atoms with Gasteiger partial charge in [0.2, 0.25) is 5.89 Å². The third kappa shape index (κ3) is 3.38. The molecule has 2 aromatic heterocycles. The number of carbonyl (C=O) groups is 1. The maximum absolute atomic E-state index is 11.8. The molecule has 2 rings (SSSR count). The monoisotopic (exact) mass is 265 g/mol. The quantitative estimate of drug-likeness (QED) is 0.786. The van der Waals surface area contributed by atoms with Crippen LogP contribution >= 0.6 is 0 Å². The van der Waals surface area contributed by atoms with Crippen LogP contribution in [0.2, 0.25) is 0 Å². The van der Waals surface area contributed by atoms with E-state index >= 15 is 0 Å². The number of imidazole rings is 1. The molecule has 0 aliphatic carbocycles. The van der Waals surface area contributed by atoms with Gasteiger partial charge in [-0.1, -0.05) is 5.16 Å². The van der Waals surface area contributed by atoms with Gasteiger partial charge in [-0.05, 0) is 6.92 Å². The molecule has 0 fully saturated rings. The van der Waals surface area contributed by atoms with Gasteiger partial charge in [-0.2, -0.15) is 4.98 Å². The summed E-state index contributed by atoms with van der Waals surface area (Å²) in [5.74, 6) is 0.639. The van der Waals surface area contributed by atoms with Crippen molar-refractivity contribution >= 4 is 5.91 Å². The smallest absolute Gasteiger partial charge is 0.269 e. The van der Waals surface area contributed by atoms with Gasteiger partial charge >= 0.3 is 0 Å². The van der Waals surface area contributed by atoms with Gasteiger partial charge in [0, 0.05) is 13.5 Å². The minimum atomic E-state index is -0.375. The largest absolute Gasteiger partial charge is 0.384 e. The third-order valence-electron chi connectivity index (χ3n) is 2.47. The van der Waals surface area contributed by atoms with Crippen molar-refractivity contribution in [2.75, 3.05) is 13.7 Å². The van der Waals surface area contributed by atoms with Crippen LogP contribution in [0.3, 0.4) is 0 Å². The number of methoxy groups -OCH3 is 1. The van der Waals surface area contributed by atoms with Crippen LogP contribution in [-0.4, -0.2) is 39.7 Å². The van der Waals surface area contributed by atoms with Crippen molar-refractivity contribution in [2.24, 2.45) is 0 Å². The molecule has 0 saturated carbocycles. The summed E-state index contributed by atoms with van der Waals surface area (Å²) in [4.78, 5) is 22.5. The summed E-state index contributed by atoms with van der Waals surface area (Å²) in [6.07, 6.45) is 3.45. The second-order valence-electron chi connectivity index (χ2n) is 3.95. The van der Waals surface area contributed by atoms with E-state index < -0.39 is 0 Å². The Labute approximate surface area is 109 Å². The summed E-state index contributed by atoms with van der Waals surface area (Å²) in [6.45, 7) is 2.29. The van der Waals surface area contributed by atoms with Crippen LogP contribution in [-0.2, 0) is 11.2 Å². The Kier molecular flexibility index (Phi) is 4.24. The Balaban J connectivity index is 1.94. The van der Waals surface area contributed by atoms with Gasteiger partial charge in [0.05, 0.1) is 19.1 Å². The highest BCUT2D eigenvalue weighted by molar-refractivity contribution is 5.92. The van der Waals surface area contributed by atoms with Gasteiger partial charge < -0.3 is 19.6 Å². The molecule has 0 radical (unpaired) electrons. The van der Waals surface area contributed by atoms with E-state index in [1.165, 1.54) is 12.5 Å². The van der Waals surface area contributed by atoms with E-state index in [1.807, 2.05) is 0 Å². The minimum absolute atomic E-state index is 0.276. The molecule has 1 unspecified atom stereocenters. The summed E-state index contributed by atoms with van der Waals surface area (Å²) in [5, 5.41) is 6.54. The van der Waals surface area contributed by atoms with Crippen LogP contribution in [0.5, 0.6) is 0 Å². The van der Waals surface area contributed by atoms with Crippen molar-refractivity contribution in [2.45, 2.75) is 19.4 Å². The van der Waals surface area contributed by atoms with Crippen molar-refractivity contribution in [3.8, 4) is 0 Å². The number of aromatic amines is 1. The number of rotatable bonds is 6. The van der Waals surface area contributed by atoms with Crippen molar-refractivity contribution < 1.29 is 14.1 Å². The second-order valence-corrected chi connectivity index (χ2v) is 3.95. The molecule has 0 aliphatic rings. The first-order valence-corrected chi connectivity index (χ1v) is 5.81. The molecule has 8 heteroatoms. The zero-order valence-corrected chi connectivity index (χ0v) is 10.7. The summed E-state index contributed by atoms with van der Waals surface area (Å²) in [6, 6.07) is -0.375. The lowest BCUT2D eigenvalue weighted by Crippen LogP contribution is -2.27. The van der Waals surface area contributed by atoms with Crippen LogP contribution in [0.25, 0.3) is 0 Å². The number of H-pyrrole nitrogens is 1. The molecule has 1 amide bonds. The molecular formula is C11H15N5O3. The minimum Gasteiger partial charge on any atom is -0.384 e. The summed E-state index contributed by atoms with van der Waals surface area (Å²) < 4.78 is 10.0. The Bertz CT molecular complexity index is 522. The van der Waals surface area contributed by atoms with Gasteiger partial charge in [0.25, 0.3) is 5.91 Å². The first-order chi connectivity index (χ1) is 9.20. The van der Waals surface area contributed by atoms with E-state index in [0.29, 0.717) is 30.4 Å². The van der Waals surface area contributed by atoms with Gasteiger partial charge in [-0.15, -0.1) is 0 Å². The van der Waals surface area contributed by atoms with Crippen LogP contribution < -0.4 is 5.32 Å². The lowest BCUT2D eigenvalue weighted by atomic mass is 10.3. The molecule has 2 aromatic rings. The number of amides is 1. The standard InChI is InChI=1S/C11H15N5O3/c1-7(14-10(17)8-5-12-6-13-8)11-15-9(16-19-11)3-4-18-2/h5-7H,3-4H2,1-2H3,(H,12,13)(H,14,17). The van der Waals surface area contributed by atoms with Crippen LogP contribution in [0.15, 0.2) is 17.0 Å². The number of carbonyl (C=O) groups excluding carboxylic acids is 1. The van der Waals surface area contributed by atoms with Crippen molar-refractivity contribution in [3.05, 3.63) is 29.9 Å². The molecule has 0 aromatic carbocycles. The zero-order chi connectivity index (χ0) is 13.7. The number of nitrogens with zero attached hydrogens (tertiary/aromatic N) is 3. The van der Waals surface area contributed by atoms with E-state index in [1.54, 1.807) is 14.0 Å². The van der Waals surface area contributed by atoms with Crippen LogP contribution in [0, 0.1) is 0 Å². The molecule has 0 spiro atoms. The maximum atomic E-state index is 11.8. The normalized spacial score (nSPS) is 12.3. The van der Waals surface area contributed by atoms with Crippen LogP contribution in [0.4, 0.5) is 0 Å². The van der Waals surface area contributed by atoms with Gasteiger partial charge in [0.15, 0.2) is 5.82 Å². The van der Waals surface area contributed by atoms with Gasteiger partial charge in [-0.25, -0.2) is 4.98 Å². The summed E-state index contributed by atoms with van der Waals surface area (Å²) in [5.41, 5.74) is 0.381. The fraction of sp³-hybridized carbons (Fsp3) is 0.455. The number of hydrogen-bond donors (Lipinski definition) is 2. The predicted octanol–water partition coefficient (Wildman–Crippen LogP) is 0.473. The summed E-state index contributed by atoms with van der Waals surface area (Å²) >= 11 is 0. The lowest BCUT2D eigenvalue weighted by Gasteiger charge is -2.07. The van der Waals surface area contributed by atoms with E-state index in [0.717, 1.165) is 0 Å². The number of nitrogens with one attached hydrogen (secondary N) is 2. The average molecular weight is 265 g/mol. The van der Waals surface area contributed by atoms with E-state index in [-0.39, 0.29) is 11.9 Å². The average Bonchev–Trinajstić information content (AvgIpc) is 3.07. The molecule has 19 heavy (non-hydrogen) atoms. The first kappa shape index (κ1) is 13.2. The highest BCUT2D eigenvalue weighted by atomic mass is 16.5. The second kappa shape index (κ2) is 6.10. The SMILES string of the molecule is COCCc1noc(C(C)NC(=O)c2cnc[nH]2)n1. The highest BCUT2D eigenvalue weighted by Gasteiger charge is 2.17. The molecule has 102 valence electrons.